The van der Waals surface area contributed by atoms with Crippen LogP contribution in [-0.2, 0) is 0 Å². The van der Waals surface area contributed by atoms with E-state index in [1.54, 1.807) is 12.1 Å². The molecule has 1 rings (SSSR count). The Morgan fingerprint density at radius 3 is 2.79 bits per heavy atom. The van der Waals surface area contributed by atoms with Crippen LogP contribution in [0, 0.1) is 11.3 Å². The van der Waals surface area contributed by atoms with Gasteiger partial charge in [0.2, 0.25) is 0 Å². The molecule has 0 spiro atoms. The van der Waals surface area contributed by atoms with Gasteiger partial charge in [0, 0.05) is 5.56 Å². The monoisotopic (exact) mass is 258 g/mol. The molecule has 0 radical (unpaired) electrons. The zero-order chi connectivity index (χ0) is 14.3. The lowest BCUT2D eigenvalue weighted by Gasteiger charge is -2.08. The quantitative estimate of drug-likeness (QED) is 0.323. The first-order valence-corrected chi connectivity index (χ1v) is 5.81. The Kier molecular flexibility index (Phi) is 5.45. The lowest BCUT2D eigenvalue weighted by Crippen LogP contribution is -2.23. The summed E-state index contributed by atoms with van der Waals surface area (Å²) >= 11 is 0. The van der Waals surface area contributed by atoms with Crippen LogP contribution in [0.4, 0.5) is 0 Å². The van der Waals surface area contributed by atoms with Crippen molar-refractivity contribution in [1.82, 2.24) is 5.43 Å². The molecule has 0 aliphatic heterocycles. The van der Waals surface area contributed by atoms with E-state index in [0.29, 0.717) is 17.9 Å². The van der Waals surface area contributed by atoms with Crippen molar-refractivity contribution >= 4 is 5.70 Å². The molecule has 0 saturated carbocycles. The highest BCUT2D eigenvalue weighted by atomic mass is 16.5. The molecule has 5 nitrogen and oxygen atoms in total. The predicted octanol–water partition coefficient (Wildman–Crippen LogP) is 1.65. The van der Waals surface area contributed by atoms with Crippen LogP contribution in [0.2, 0.25) is 0 Å². The number of hydrogen-bond donors (Lipinski definition) is 3. The van der Waals surface area contributed by atoms with Crippen LogP contribution in [0.3, 0.4) is 0 Å². The maximum atomic E-state index is 8.86. The average Bonchev–Trinajstić information content (AvgIpc) is 2.40. The van der Waals surface area contributed by atoms with Crippen molar-refractivity contribution in [2.24, 2.45) is 11.6 Å². The van der Waals surface area contributed by atoms with Crippen molar-refractivity contribution in [2.45, 2.75) is 13.8 Å². The third-order valence-electron chi connectivity index (χ3n) is 2.41. The van der Waals surface area contributed by atoms with Gasteiger partial charge in [-0.25, -0.2) is 5.84 Å². The van der Waals surface area contributed by atoms with Gasteiger partial charge < -0.3 is 15.9 Å². The van der Waals surface area contributed by atoms with Crippen molar-refractivity contribution in [3.8, 4) is 11.8 Å². The molecular formula is C14H18N4O. The van der Waals surface area contributed by atoms with Crippen molar-refractivity contribution in [3.05, 3.63) is 47.2 Å². The number of ether oxygens (including phenoxy) is 1. The molecule has 0 atom stereocenters. The molecule has 19 heavy (non-hydrogen) atoms. The minimum atomic E-state index is 0.126. The van der Waals surface area contributed by atoms with E-state index in [9.17, 15) is 0 Å². The Balaban J connectivity index is 2.92. The lowest BCUT2D eigenvalue weighted by molar-refractivity contribution is 0.362. The summed E-state index contributed by atoms with van der Waals surface area (Å²) in [5, 5.41) is 8.86. The fourth-order valence-corrected chi connectivity index (χ4v) is 1.37. The van der Waals surface area contributed by atoms with E-state index in [0.717, 1.165) is 0 Å². The zero-order valence-corrected chi connectivity index (χ0v) is 11.1. The van der Waals surface area contributed by atoms with Crippen molar-refractivity contribution < 1.29 is 4.74 Å². The Hall–Kier alpha value is -2.45. The molecule has 0 saturated heterocycles. The number of nitrogens with zero attached hydrogens (tertiary/aromatic N) is 1. The van der Waals surface area contributed by atoms with Gasteiger partial charge in [-0.1, -0.05) is 17.7 Å². The van der Waals surface area contributed by atoms with Crippen LogP contribution < -0.4 is 21.7 Å². The Bertz CT molecular complexity index is 537. The summed E-state index contributed by atoms with van der Waals surface area (Å²) < 4.78 is 5.57. The molecule has 0 amide bonds. The molecule has 0 aromatic heterocycles. The third kappa shape index (κ3) is 4.37. The van der Waals surface area contributed by atoms with Gasteiger partial charge in [0.05, 0.1) is 5.70 Å². The SMILES string of the molecule is CC(C)=CCOc1cccc(/C(N)=C(\C#N)NN)c1. The number of benzene rings is 1. The summed E-state index contributed by atoms with van der Waals surface area (Å²) in [6, 6.07) is 9.09. The number of hydrogen-bond acceptors (Lipinski definition) is 5. The van der Waals surface area contributed by atoms with Crippen molar-refractivity contribution in [2.75, 3.05) is 6.61 Å². The minimum absolute atomic E-state index is 0.126. The standard InChI is InChI=1S/C14H18N4O/c1-10(2)6-7-19-12-5-3-4-11(8-12)14(16)13(9-15)18-17/h3-6,8,18H,7,16-17H2,1-2H3/b14-13-. The topological polar surface area (TPSA) is 97.1 Å². The van der Waals surface area contributed by atoms with Gasteiger partial charge in [-0.3, -0.25) is 0 Å². The highest BCUT2D eigenvalue weighted by molar-refractivity contribution is 5.69. The molecule has 1 aromatic rings. The molecular weight excluding hydrogens is 240 g/mol. The first-order valence-electron chi connectivity index (χ1n) is 5.81. The minimum Gasteiger partial charge on any atom is -0.490 e. The number of nitrogens with one attached hydrogen (secondary N) is 1. The first kappa shape index (κ1) is 14.6. The first-order chi connectivity index (χ1) is 9.08. The Morgan fingerprint density at radius 1 is 1.47 bits per heavy atom. The van der Waals surface area contributed by atoms with Gasteiger partial charge in [-0.15, -0.1) is 0 Å². The molecule has 0 fully saturated rings. The molecule has 0 aliphatic carbocycles. The average molecular weight is 258 g/mol. The predicted molar refractivity (Wildman–Crippen MR) is 75.4 cm³/mol. The fourth-order valence-electron chi connectivity index (χ4n) is 1.37. The van der Waals surface area contributed by atoms with Gasteiger partial charge in [0.15, 0.2) is 5.70 Å². The van der Waals surface area contributed by atoms with E-state index in [-0.39, 0.29) is 11.4 Å². The Labute approximate surface area is 113 Å². The molecule has 1 aromatic carbocycles. The molecule has 5 heteroatoms. The lowest BCUT2D eigenvalue weighted by atomic mass is 10.1. The maximum absolute atomic E-state index is 8.86. The molecule has 100 valence electrons. The summed E-state index contributed by atoms with van der Waals surface area (Å²) in [7, 11) is 0. The van der Waals surface area contributed by atoms with Crippen molar-refractivity contribution in [3.63, 3.8) is 0 Å². The van der Waals surface area contributed by atoms with E-state index in [1.165, 1.54) is 5.57 Å². The number of allylic oxidation sites excluding steroid dienone is 2. The van der Waals surface area contributed by atoms with Gasteiger partial charge >= 0.3 is 0 Å². The summed E-state index contributed by atoms with van der Waals surface area (Å²) in [5.74, 6) is 5.91. The number of nitriles is 1. The summed E-state index contributed by atoms with van der Waals surface area (Å²) in [6.45, 7) is 4.51. The van der Waals surface area contributed by atoms with Crippen LogP contribution in [-0.4, -0.2) is 6.61 Å². The van der Waals surface area contributed by atoms with Gasteiger partial charge in [-0.2, -0.15) is 5.26 Å². The van der Waals surface area contributed by atoms with Crippen LogP contribution in [0.25, 0.3) is 5.70 Å². The number of nitrogens with two attached hydrogens (primary N) is 2. The van der Waals surface area contributed by atoms with Crippen LogP contribution in [0.5, 0.6) is 5.75 Å². The second-order valence-electron chi connectivity index (χ2n) is 4.17. The third-order valence-corrected chi connectivity index (χ3v) is 2.41. The van der Waals surface area contributed by atoms with E-state index < -0.39 is 0 Å². The highest BCUT2D eigenvalue weighted by Crippen LogP contribution is 2.18. The highest BCUT2D eigenvalue weighted by Gasteiger charge is 2.05. The van der Waals surface area contributed by atoms with Crippen LogP contribution >= 0.6 is 0 Å². The van der Waals surface area contributed by atoms with E-state index in [1.807, 2.05) is 38.1 Å². The van der Waals surface area contributed by atoms with Crippen LogP contribution in [0.15, 0.2) is 41.6 Å². The van der Waals surface area contributed by atoms with Gasteiger partial charge in [0.25, 0.3) is 0 Å². The largest absolute Gasteiger partial charge is 0.490 e. The maximum Gasteiger partial charge on any atom is 0.151 e. The Morgan fingerprint density at radius 2 is 2.21 bits per heavy atom. The fraction of sp³-hybridized carbons (Fsp3) is 0.214. The number of hydrazine groups is 1. The second-order valence-corrected chi connectivity index (χ2v) is 4.17. The van der Waals surface area contributed by atoms with Gasteiger partial charge in [0.1, 0.15) is 18.4 Å². The molecule has 0 bridgehead atoms. The molecule has 5 N–H and O–H groups in total. The van der Waals surface area contributed by atoms with Crippen LogP contribution in [0.1, 0.15) is 19.4 Å². The molecule has 0 heterocycles. The summed E-state index contributed by atoms with van der Waals surface area (Å²) in [4.78, 5) is 0. The summed E-state index contributed by atoms with van der Waals surface area (Å²) in [6.07, 6.45) is 1.98. The van der Waals surface area contributed by atoms with E-state index in [2.05, 4.69) is 5.43 Å². The van der Waals surface area contributed by atoms with E-state index in [4.69, 9.17) is 21.6 Å². The van der Waals surface area contributed by atoms with Gasteiger partial charge in [-0.05, 0) is 32.1 Å². The molecule has 0 aliphatic rings. The summed E-state index contributed by atoms with van der Waals surface area (Å²) in [5.41, 5.74) is 10.4. The zero-order valence-electron chi connectivity index (χ0n) is 11.1. The number of rotatable bonds is 5. The molecule has 0 unspecified atom stereocenters. The van der Waals surface area contributed by atoms with Crippen molar-refractivity contribution in [1.29, 1.82) is 5.26 Å². The second kappa shape index (κ2) is 7.09. The normalized spacial score (nSPS) is 11.1. The van der Waals surface area contributed by atoms with E-state index >= 15 is 0 Å². The smallest absolute Gasteiger partial charge is 0.151 e.